The van der Waals surface area contributed by atoms with E-state index in [1.807, 2.05) is 4.57 Å². The number of hydrogen-bond donors (Lipinski definition) is 1. The van der Waals surface area contributed by atoms with Crippen molar-refractivity contribution in [1.29, 1.82) is 0 Å². The van der Waals surface area contributed by atoms with Gasteiger partial charge in [0.2, 0.25) is 5.95 Å². The average Bonchev–Trinajstić information content (AvgIpc) is 2.55. The molecule has 0 aliphatic rings. The number of anilines is 1. The van der Waals surface area contributed by atoms with E-state index in [1.165, 1.54) is 6.07 Å². The van der Waals surface area contributed by atoms with Crippen LogP contribution in [0.3, 0.4) is 0 Å². The molecule has 2 aromatic rings. The molecule has 1 atom stereocenters. The molecule has 0 aliphatic heterocycles. The van der Waals surface area contributed by atoms with Crippen molar-refractivity contribution >= 4 is 32.9 Å². The van der Waals surface area contributed by atoms with E-state index in [2.05, 4.69) is 48.6 Å². The molecule has 0 spiro atoms. The quantitative estimate of drug-likeness (QED) is 0.898. The molecule has 0 saturated carbocycles. The Labute approximate surface area is 121 Å². The third-order valence-electron chi connectivity index (χ3n) is 3.75. The number of benzene rings is 1. The Bertz CT molecular complexity index is 613. The van der Waals surface area contributed by atoms with Gasteiger partial charge in [0.05, 0.1) is 15.5 Å². The summed E-state index contributed by atoms with van der Waals surface area (Å²) in [6.45, 7) is 9.45. The topological polar surface area (TPSA) is 43.8 Å². The first-order valence-corrected chi connectivity index (χ1v) is 7.10. The van der Waals surface area contributed by atoms with E-state index in [4.69, 9.17) is 5.73 Å². The summed E-state index contributed by atoms with van der Waals surface area (Å²) >= 11 is 3.17. The van der Waals surface area contributed by atoms with Crippen LogP contribution in [0.5, 0.6) is 0 Å². The van der Waals surface area contributed by atoms with E-state index < -0.39 is 0 Å². The molecule has 1 heterocycles. The number of halogens is 2. The smallest absolute Gasteiger partial charge is 0.201 e. The fraction of sp³-hybridized carbons (Fsp3) is 0.500. The number of fused-ring (bicyclic) bond motifs is 1. The maximum absolute atomic E-state index is 13.7. The summed E-state index contributed by atoms with van der Waals surface area (Å²) in [5.41, 5.74) is 7.58. The Hall–Kier alpha value is -1.10. The van der Waals surface area contributed by atoms with E-state index in [0.29, 0.717) is 21.9 Å². The van der Waals surface area contributed by atoms with Gasteiger partial charge in [-0.25, -0.2) is 9.37 Å². The molecule has 0 radical (unpaired) electrons. The number of nitrogens with two attached hydrogens (primary N) is 1. The maximum Gasteiger partial charge on any atom is 0.201 e. The molecule has 1 unspecified atom stereocenters. The predicted molar refractivity (Wildman–Crippen MR) is 80.4 cm³/mol. The van der Waals surface area contributed by atoms with Crippen molar-refractivity contribution in [3.8, 4) is 0 Å². The molecule has 0 fully saturated rings. The standard InChI is InChI=1S/C14H19BrFN3/c1-8(14(2,3)4)7-19-12-6-10(16)9(15)5-11(12)18-13(19)17/h5-6,8H,7H2,1-4H3,(H2,17,18). The second kappa shape index (κ2) is 4.78. The second-order valence-electron chi connectivity index (χ2n) is 6.10. The summed E-state index contributed by atoms with van der Waals surface area (Å²) in [5, 5.41) is 0. The van der Waals surface area contributed by atoms with Crippen molar-refractivity contribution in [2.75, 3.05) is 5.73 Å². The number of nitrogens with zero attached hydrogens (tertiary/aromatic N) is 2. The van der Waals surface area contributed by atoms with Gasteiger partial charge in [-0.1, -0.05) is 27.7 Å². The summed E-state index contributed by atoms with van der Waals surface area (Å²) in [6, 6.07) is 3.15. The van der Waals surface area contributed by atoms with E-state index in [-0.39, 0.29) is 11.2 Å². The first-order valence-electron chi connectivity index (χ1n) is 6.31. The minimum atomic E-state index is -0.294. The van der Waals surface area contributed by atoms with Crippen LogP contribution in [0.4, 0.5) is 10.3 Å². The Morgan fingerprint density at radius 1 is 1.42 bits per heavy atom. The Morgan fingerprint density at radius 2 is 2.05 bits per heavy atom. The van der Waals surface area contributed by atoms with Crippen molar-refractivity contribution < 1.29 is 4.39 Å². The third kappa shape index (κ3) is 2.76. The fourth-order valence-electron chi connectivity index (χ4n) is 1.88. The molecular weight excluding hydrogens is 309 g/mol. The zero-order valence-electron chi connectivity index (χ0n) is 11.7. The third-order valence-corrected chi connectivity index (χ3v) is 4.36. The summed E-state index contributed by atoms with van der Waals surface area (Å²) in [5.74, 6) is 0.541. The average molecular weight is 328 g/mol. The van der Waals surface area contributed by atoms with Crippen molar-refractivity contribution in [3.05, 3.63) is 22.4 Å². The monoisotopic (exact) mass is 327 g/mol. The Morgan fingerprint density at radius 3 is 2.63 bits per heavy atom. The van der Waals surface area contributed by atoms with Crippen LogP contribution in [-0.4, -0.2) is 9.55 Å². The lowest BCUT2D eigenvalue weighted by molar-refractivity contribution is 0.236. The van der Waals surface area contributed by atoms with Gasteiger partial charge in [0.1, 0.15) is 5.82 Å². The van der Waals surface area contributed by atoms with Gasteiger partial charge in [-0.05, 0) is 33.3 Å². The fourth-order valence-corrected chi connectivity index (χ4v) is 2.21. The van der Waals surface area contributed by atoms with Crippen molar-refractivity contribution in [2.45, 2.75) is 34.2 Å². The lowest BCUT2D eigenvalue weighted by Crippen LogP contribution is -2.23. The molecule has 2 N–H and O–H groups in total. The van der Waals surface area contributed by atoms with Crippen molar-refractivity contribution in [3.63, 3.8) is 0 Å². The van der Waals surface area contributed by atoms with E-state index in [1.54, 1.807) is 6.07 Å². The van der Waals surface area contributed by atoms with Gasteiger partial charge >= 0.3 is 0 Å². The molecule has 1 aromatic heterocycles. The molecular formula is C14H19BrFN3. The summed E-state index contributed by atoms with van der Waals surface area (Å²) in [4.78, 5) is 4.29. The highest BCUT2D eigenvalue weighted by molar-refractivity contribution is 9.10. The second-order valence-corrected chi connectivity index (χ2v) is 6.96. The summed E-state index contributed by atoms with van der Waals surface area (Å²) in [6.07, 6.45) is 0. The minimum absolute atomic E-state index is 0.164. The molecule has 1 aromatic carbocycles. The number of rotatable bonds is 2. The normalized spacial score (nSPS) is 14.0. The lowest BCUT2D eigenvalue weighted by atomic mass is 9.82. The van der Waals surface area contributed by atoms with Crippen LogP contribution in [0.25, 0.3) is 11.0 Å². The van der Waals surface area contributed by atoms with Gasteiger partial charge in [0.25, 0.3) is 0 Å². The number of hydrogen-bond acceptors (Lipinski definition) is 2. The Balaban J connectivity index is 2.49. The summed E-state index contributed by atoms with van der Waals surface area (Å²) < 4.78 is 16.0. The molecule has 5 heteroatoms. The van der Waals surface area contributed by atoms with Crippen molar-refractivity contribution in [1.82, 2.24) is 9.55 Å². The number of imidazole rings is 1. The van der Waals surface area contributed by atoms with Gasteiger partial charge in [0.15, 0.2) is 0 Å². The molecule has 3 nitrogen and oxygen atoms in total. The van der Waals surface area contributed by atoms with E-state index in [0.717, 1.165) is 12.1 Å². The van der Waals surface area contributed by atoms with E-state index in [9.17, 15) is 4.39 Å². The highest BCUT2D eigenvalue weighted by atomic mass is 79.9. The predicted octanol–water partition coefficient (Wildman–Crippen LogP) is 4.20. The van der Waals surface area contributed by atoms with Gasteiger partial charge in [-0.3, -0.25) is 0 Å². The van der Waals surface area contributed by atoms with Crippen LogP contribution in [-0.2, 0) is 6.54 Å². The molecule has 104 valence electrons. The van der Waals surface area contributed by atoms with Gasteiger partial charge in [-0.2, -0.15) is 0 Å². The lowest BCUT2D eigenvalue weighted by Gasteiger charge is -2.28. The largest absolute Gasteiger partial charge is 0.369 e. The zero-order valence-corrected chi connectivity index (χ0v) is 13.3. The molecule has 0 amide bonds. The maximum atomic E-state index is 13.7. The highest BCUT2D eigenvalue weighted by Gasteiger charge is 2.22. The van der Waals surface area contributed by atoms with Gasteiger partial charge < -0.3 is 10.3 Å². The highest BCUT2D eigenvalue weighted by Crippen LogP contribution is 2.30. The summed E-state index contributed by atoms with van der Waals surface area (Å²) in [7, 11) is 0. The van der Waals surface area contributed by atoms with Crippen molar-refractivity contribution in [2.24, 2.45) is 11.3 Å². The molecule has 0 bridgehead atoms. The van der Waals surface area contributed by atoms with Crippen LogP contribution < -0.4 is 5.73 Å². The van der Waals surface area contributed by atoms with Crippen LogP contribution >= 0.6 is 15.9 Å². The Kier molecular flexibility index (Phi) is 3.60. The number of nitrogen functional groups attached to an aromatic ring is 1. The first kappa shape index (κ1) is 14.3. The van der Waals surface area contributed by atoms with Crippen LogP contribution in [0.15, 0.2) is 16.6 Å². The van der Waals surface area contributed by atoms with Gasteiger partial charge in [0, 0.05) is 12.6 Å². The SMILES string of the molecule is CC(Cn1c(N)nc2cc(Br)c(F)cc21)C(C)(C)C. The first-order chi connectivity index (χ1) is 8.70. The van der Waals surface area contributed by atoms with Crippen LogP contribution in [0.1, 0.15) is 27.7 Å². The molecule has 19 heavy (non-hydrogen) atoms. The number of aromatic nitrogens is 2. The van der Waals surface area contributed by atoms with Gasteiger partial charge in [-0.15, -0.1) is 0 Å². The molecule has 2 rings (SSSR count). The van der Waals surface area contributed by atoms with Crippen LogP contribution in [0.2, 0.25) is 0 Å². The molecule has 0 aliphatic carbocycles. The molecule has 0 saturated heterocycles. The van der Waals surface area contributed by atoms with Crippen LogP contribution in [0, 0.1) is 17.2 Å². The van der Waals surface area contributed by atoms with E-state index >= 15 is 0 Å². The zero-order chi connectivity index (χ0) is 14.4. The minimum Gasteiger partial charge on any atom is -0.369 e.